The fourth-order valence-corrected chi connectivity index (χ4v) is 13.7. The van der Waals surface area contributed by atoms with Crippen LogP contribution in [0.25, 0.3) is 0 Å². The average molecular weight is 607 g/mol. The van der Waals surface area contributed by atoms with Gasteiger partial charge in [0.15, 0.2) is 5.78 Å². The molecular formula is C31H66O7Si2. The van der Waals surface area contributed by atoms with E-state index in [1.54, 1.807) is 0 Å². The van der Waals surface area contributed by atoms with Crippen LogP contribution in [-0.4, -0.2) is 63.0 Å². The molecule has 0 fully saturated rings. The number of hydrogen-bond acceptors (Lipinski definition) is 7. The quantitative estimate of drug-likeness (QED) is 0.0650. The van der Waals surface area contributed by atoms with Crippen LogP contribution in [0.15, 0.2) is 0 Å². The molecule has 0 heterocycles. The predicted octanol–water partition coefficient (Wildman–Crippen LogP) is 8.89. The Labute approximate surface area is 250 Å². The van der Waals surface area contributed by atoms with Gasteiger partial charge in [-0.15, -0.1) is 0 Å². The fraction of sp³-hybridized carbons (Fsp3) is 0.968. The first-order valence-electron chi connectivity index (χ1n) is 16.6. The van der Waals surface area contributed by atoms with E-state index in [-0.39, 0.29) is 5.78 Å². The van der Waals surface area contributed by atoms with E-state index in [4.69, 9.17) is 26.6 Å². The second-order valence-corrected chi connectivity index (χ2v) is 16.4. The number of carbonyl (C=O) groups is 1. The number of rotatable bonds is 28. The van der Waals surface area contributed by atoms with Crippen LogP contribution >= 0.6 is 0 Å². The maximum atomic E-state index is 15.8. The predicted molar refractivity (Wildman–Crippen MR) is 170 cm³/mol. The number of ketones is 1. The van der Waals surface area contributed by atoms with Crippen LogP contribution in [0.3, 0.4) is 0 Å². The molecular weight excluding hydrogens is 541 g/mol. The summed E-state index contributed by atoms with van der Waals surface area (Å²) in [6.07, 6.45) is 11.0. The molecule has 0 aliphatic carbocycles. The second-order valence-electron chi connectivity index (χ2n) is 10.5. The second kappa shape index (κ2) is 21.5. The van der Waals surface area contributed by atoms with Gasteiger partial charge in [-0.2, -0.15) is 0 Å². The van der Waals surface area contributed by atoms with Crippen LogP contribution in [0.2, 0.25) is 10.1 Å². The summed E-state index contributed by atoms with van der Waals surface area (Å²) in [5.41, 5.74) is 0. The van der Waals surface area contributed by atoms with Crippen LogP contribution in [0.5, 0.6) is 0 Å². The van der Waals surface area contributed by atoms with Crippen molar-refractivity contribution in [2.45, 2.75) is 156 Å². The van der Waals surface area contributed by atoms with Crippen molar-refractivity contribution in [1.29, 1.82) is 0 Å². The van der Waals surface area contributed by atoms with E-state index in [1.807, 2.05) is 41.5 Å². The Morgan fingerprint density at radius 2 is 0.725 bits per heavy atom. The molecule has 0 bridgehead atoms. The van der Waals surface area contributed by atoms with Gasteiger partial charge in [0.05, 0.1) is 10.1 Å². The van der Waals surface area contributed by atoms with Crippen LogP contribution in [0.1, 0.15) is 146 Å². The van der Waals surface area contributed by atoms with Gasteiger partial charge in [-0.05, 0) is 67.2 Å². The lowest BCUT2D eigenvalue weighted by Crippen LogP contribution is -2.67. The number of hydrogen-bond donors (Lipinski definition) is 0. The van der Waals surface area contributed by atoms with Gasteiger partial charge in [0.25, 0.3) is 0 Å². The molecule has 0 saturated carbocycles. The van der Waals surface area contributed by atoms with E-state index in [1.165, 1.54) is 0 Å². The molecule has 0 saturated heterocycles. The molecule has 0 N–H and O–H groups in total. The zero-order valence-electron chi connectivity index (χ0n) is 28.1. The van der Waals surface area contributed by atoms with E-state index < -0.39 is 27.7 Å². The molecule has 0 aliphatic heterocycles. The normalized spacial score (nSPS) is 15.7. The number of carbonyl (C=O) groups excluding carboxylic acids is 1. The van der Waals surface area contributed by atoms with Crippen molar-refractivity contribution in [2.24, 2.45) is 0 Å². The Morgan fingerprint density at radius 3 is 0.925 bits per heavy atom. The van der Waals surface area contributed by atoms with Gasteiger partial charge < -0.3 is 26.6 Å². The average Bonchev–Trinajstić information content (AvgIpc) is 2.94. The first-order valence-corrected chi connectivity index (χ1v) is 20.1. The summed E-state index contributed by atoms with van der Waals surface area (Å²) in [6, 6.07) is 0. The van der Waals surface area contributed by atoms with Crippen molar-refractivity contribution in [3.05, 3.63) is 0 Å². The molecule has 0 amide bonds. The minimum atomic E-state index is -3.52. The summed E-state index contributed by atoms with van der Waals surface area (Å²) >= 11 is 0. The lowest BCUT2D eigenvalue weighted by Gasteiger charge is -2.51. The number of unbranched alkanes of at least 4 members (excludes halogenated alkanes) is 6. The summed E-state index contributed by atoms with van der Waals surface area (Å²) in [5, 5.41) is -1.85. The van der Waals surface area contributed by atoms with Crippen molar-refractivity contribution in [3.63, 3.8) is 0 Å². The first-order chi connectivity index (χ1) is 19.3. The SMILES string of the molecule is CCCCCCC(CC)(C(=O)C(CC)(CCCCCC)[Si](OCC)(OCC)OCC)[Si](OCC)(OCC)OCC. The monoisotopic (exact) mass is 606 g/mol. The summed E-state index contributed by atoms with van der Waals surface area (Å²) in [6.45, 7) is 23.0. The standard InChI is InChI=1S/C31H66O7Si2/c1-11-21-23-25-27-30(13-3,39(33-15-5,34-16-6)35-17-7)29(32)31(14-4,28-26-24-22-12-2)40(36-18-8,37-19-9)38-20-10/h11-28H2,1-10H3. The summed E-state index contributed by atoms with van der Waals surface area (Å²) < 4.78 is 39.5. The number of Topliss-reactive ketones (excluding diaryl/α,β-unsaturated/α-hetero) is 1. The maximum Gasteiger partial charge on any atom is 0.515 e. The van der Waals surface area contributed by atoms with Gasteiger partial charge in [0.1, 0.15) is 0 Å². The Balaban J connectivity index is 7.58. The molecule has 0 aromatic carbocycles. The van der Waals surface area contributed by atoms with E-state index in [0.29, 0.717) is 65.3 Å². The van der Waals surface area contributed by atoms with Crippen molar-refractivity contribution >= 4 is 23.4 Å². The molecule has 0 aliphatic rings. The molecule has 9 heteroatoms. The Hall–Kier alpha value is -0.136. The zero-order valence-corrected chi connectivity index (χ0v) is 30.1. The topological polar surface area (TPSA) is 72.5 Å². The Morgan fingerprint density at radius 1 is 0.450 bits per heavy atom. The molecule has 2 unspecified atom stereocenters. The zero-order chi connectivity index (χ0) is 30.5. The smallest absolute Gasteiger partial charge is 0.373 e. The van der Waals surface area contributed by atoms with Crippen LogP contribution in [0, 0.1) is 0 Å². The van der Waals surface area contributed by atoms with Crippen molar-refractivity contribution in [2.75, 3.05) is 39.6 Å². The highest BCUT2D eigenvalue weighted by Crippen LogP contribution is 2.60. The van der Waals surface area contributed by atoms with Crippen molar-refractivity contribution in [3.8, 4) is 0 Å². The van der Waals surface area contributed by atoms with Gasteiger partial charge in [-0.25, -0.2) is 0 Å². The van der Waals surface area contributed by atoms with Gasteiger partial charge in [0.2, 0.25) is 0 Å². The lowest BCUT2D eigenvalue weighted by molar-refractivity contribution is -0.132. The van der Waals surface area contributed by atoms with E-state index >= 15 is 4.79 Å². The van der Waals surface area contributed by atoms with Crippen LogP contribution in [0.4, 0.5) is 0 Å². The Bertz CT molecular complexity index is 565. The molecule has 0 spiro atoms. The lowest BCUT2D eigenvalue weighted by atomic mass is 9.81. The highest BCUT2D eigenvalue weighted by atomic mass is 28.4. The molecule has 7 nitrogen and oxygen atoms in total. The van der Waals surface area contributed by atoms with Gasteiger partial charge in [-0.1, -0.05) is 79.1 Å². The van der Waals surface area contributed by atoms with E-state index in [2.05, 4.69) is 27.7 Å². The molecule has 0 rings (SSSR count). The molecule has 240 valence electrons. The minimum Gasteiger partial charge on any atom is -0.373 e. The molecule has 0 aromatic heterocycles. The fourth-order valence-electron chi connectivity index (χ4n) is 6.30. The highest BCUT2D eigenvalue weighted by Gasteiger charge is 2.73. The molecule has 0 radical (unpaired) electrons. The largest absolute Gasteiger partial charge is 0.515 e. The third-order valence-electron chi connectivity index (χ3n) is 8.17. The van der Waals surface area contributed by atoms with Gasteiger partial charge in [0, 0.05) is 39.6 Å². The first kappa shape index (κ1) is 39.9. The maximum absolute atomic E-state index is 15.8. The highest BCUT2D eigenvalue weighted by molar-refractivity contribution is 6.75. The van der Waals surface area contributed by atoms with E-state index in [0.717, 1.165) is 51.4 Å². The van der Waals surface area contributed by atoms with Gasteiger partial charge >= 0.3 is 17.6 Å². The van der Waals surface area contributed by atoms with Crippen molar-refractivity contribution in [1.82, 2.24) is 0 Å². The summed E-state index contributed by atoms with van der Waals surface area (Å²) in [7, 11) is -7.04. The third-order valence-corrected chi connectivity index (χ3v) is 16.2. The van der Waals surface area contributed by atoms with Crippen LogP contribution < -0.4 is 0 Å². The third kappa shape index (κ3) is 9.43. The minimum absolute atomic E-state index is 0.127. The summed E-state index contributed by atoms with van der Waals surface area (Å²) in [5.74, 6) is 0.127. The molecule has 0 aromatic rings. The van der Waals surface area contributed by atoms with Gasteiger partial charge in [-0.3, -0.25) is 4.79 Å². The van der Waals surface area contributed by atoms with Crippen LogP contribution in [-0.2, 0) is 31.4 Å². The Kier molecular flexibility index (Phi) is 21.5. The molecule has 2 atom stereocenters. The molecule has 40 heavy (non-hydrogen) atoms. The van der Waals surface area contributed by atoms with E-state index in [9.17, 15) is 0 Å². The van der Waals surface area contributed by atoms with Crippen molar-refractivity contribution < 1.29 is 31.4 Å². The summed E-state index contributed by atoms with van der Waals surface area (Å²) in [4.78, 5) is 15.8.